The number of aryl methyl sites for hydroxylation is 1. The molecule has 1 N–H and O–H groups in total. The van der Waals surface area contributed by atoms with Gasteiger partial charge in [-0.15, -0.1) is 10.2 Å². The van der Waals surface area contributed by atoms with Gasteiger partial charge in [-0.2, -0.15) is 0 Å². The van der Waals surface area contributed by atoms with E-state index in [1.807, 2.05) is 36.4 Å². The number of anilines is 1. The molecule has 1 aliphatic heterocycles. The Morgan fingerprint density at radius 2 is 2.08 bits per heavy atom. The number of aromatic nitrogens is 4. The molecule has 8 nitrogen and oxygen atoms in total. The fourth-order valence-electron chi connectivity index (χ4n) is 2.97. The van der Waals surface area contributed by atoms with Crippen molar-refractivity contribution in [3.8, 4) is 11.3 Å². The van der Waals surface area contributed by atoms with Crippen LogP contribution in [0.25, 0.3) is 11.3 Å². The Morgan fingerprint density at radius 3 is 2.85 bits per heavy atom. The van der Waals surface area contributed by atoms with Gasteiger partial charge in [-0.25, -0.2) is 9.97 Å². The molecule has 0 bridgehead atoms. The summed E-state index contributed by atoms with van der Waals surface area (Å²) in [6.45, 7) is 3.06. The molecule has 1 aromatic carbocycles. The molecule has 2 aromatic heterocycles. The van der Waals surface area contributed by atoms with Crippen molar-refractivity contribution in [1.29, 1.82) is 0 Å². The molecular formula is C18H18N6O2. The van der Waals surface area contributed by atoms with E-state index < -0.39 is 0 Å². The number of hydrogen-bond donors (Lipinski definition) is 1. The van der Waals surface area contributed by atoms with Crippen LogP contribution < -0.4 is 10.2 Å². The minimum atomic E-state index is -0.351. The Kier molecular flexibility index (Phi) is 4.30. The van der Waals surface area contributed by atoms with Crippen LogP contribution >= 0.6 is 0 Å². The summed E-state index contributed by atoms with van der Waals surface area (Å²) < 4.78 is 5.16. The minimum Gasteiger partial charge on any atom is -0.417 e. The molecule has 8 heteroatoms. The third-order valence-electron chi connectivity index (χ3n) is 4.24. The monoisotopic (exact) mass is 350 g/mol. The summed E-state index contributed by atoms with van der Waals surface area (Å²) >= 11 is 0. The van der Waals surface area contributed by atoms with Crippen molar-refractivity contribution in [3.63, 3.8) is 0 Å². The van der Waals surface area contributed by atoms with Gasteiger partial charge in [0.1, 0.15) is 0 Å². The van der Waals surface area contributed by atoms with Crippen LogP contribution in [0.1, 0.15) is 23.0 Å². The highest BCUT2D eigenvalue weighted by molar-refractivity contribution is 5.89. The van der Waals surface area contributed by atoms with E-state index in [-0.39, 0.29) is 17.8 Å². The summed E-state index contributed by atoms with van der Waals surface area (Å²) in [5.74, 6) is 0.672. The first-order valence-electron chi connectivity index (χ1n) is 8.43. The quantitative estimate of drug-likeness (QED) is 0.767. The maximum Gasteiger partial charge on any atom is 0.309 e. The summed E-state index contributed by atoms with van der Waals surface area (Å²) in [6, 6.07) is 11.9. The molecule has 0 spiro atoms. The van der Waals surface area contributed by atoms with Crippen molar-refractivity contribution in [2.45, 2.75) is 19.4 Å². The zero-order valence-electron chi connectivity index (χ0n) is 14.3. The number of nitrogens with zero attached hydrogens (tertiary/aromatic N) is 5. The number of benzene rings is 1. The lowest BCUT2D eigenvalue weighted by Crippen LogP contribution is -2.37. The molecule has 4 rings (SSSR count). The van der Waals surface area contributed by atoms with E-state index in [0.29, 0.717) is 18.4 Å². The molecule has 1 unspecified atom stereocenters. The summed E-state index contributed by atoms with van der Waals surface area (Å²) in [6.07, 6.45) is 2.57. The van der Waals surface area contributed by atoms with Gasteiger partial charge in [0.15, 0.2) is 0 Å². The van der Waals surface area contributed by atoms with Crippen LogP contribution in [0.2, 0.25) is 0 Å². The summed E-state index contributed by atoms with van der Waals surface area (Å²) in [7, 11) is 0. The second-order valence-corrected chi connectivity index (χ2v) is 6.14. The average molecular weight is 350 g/mol. The standard InChI is InChI=1S/C18H18N6O2/c1-12-22-23-17(26-12)16(25)20-14-8-10-24(11-14)18-19-9-7-15(21-18)13-5-3-2-4-6-13/h2-7,9,14H,8,10-11H2,1H3,(H,20,25). The number of carbonyl (C=O) groups excluding carboxylic acids is 1. The summed E-state index contributed by atoms with van der Waals surface area (Å²) in [5, 5.41) is 10.3. The first-order chi connectivity index (χ1) is 12.7. The molecule has 1 saturated heterocycles. The molecule has 1 atom stereocenters. The topological polar surface area (TPSA) is 97.0 Å². The molecule has 0 radical (unpaired) electrons. The predicted octanol–water partition coefficient (Wildman–Crippen LogP) is 1.84. The van der Waals surface area contributed by atoms with E-state index in [4.69, 9.17) is 4.42 Å². The van der Waals surface area contributed by atoms with E-state index in [1.54, 1.807) is 13.1 Å². The number of carbonyl (C=O) groups is 1. The second kappa shape index (κ2) is 6.91. The molecule has 1 amide bonds. The van der Waals surface area contributed by atoms with Gasteiger partial charge in [0.25, 0.3) is 0 Å². The second-order valence-electron chi connectivity index (χ2n) is 6.14. The SMILES string of the molecule is Cc1nnc(C(=O)NC2CCN(c3nccc(-c4ccccc4)n3)C2)o1. The Labute approximate surface area is 150 Å². The largest absolute Gasteiger partial charge is 0.417 e. The zero-order chi connectivity index (χ0) is 17.9. The van der Waals surface area contributed by atoms with Crippen LogP contribution in [-0.2, 0) is 0 Å². The van der Waals surface area contributed by atoms with Gasteiger partial charge in [-0.05, 0) is 12.5 Å². The van der Waals surface area contributed by atoms with Crippen LogP contribution in [0.5, 0.6) is 0 Å². The lowest BCUT2D eigenvalue weighted by atomic mass is 10.1. The van der Waals surface area contributed by atoms with Gasteiger partial charge in [0, 0.05) is 37.8 Å². The smallest absolute Gasteiger partial charge is 0.309 e. The Hall–Kier alpha value is -3.29. The van der Waals surface area contributed by atoms with Gasteiger partial charge in [0.05, 0.1) is 5.69 Å². The first-order valence-corrected chi connectivity index (χ1v) is 8.43. The molecule has 3 heterocycles. The lowest BCUT2D eigenvalue weighted by Gasteiger charge is -2.17. The van der Waals surface area contributed by atoms with Crippen molar-refractivity contribution in [2.24, 2.45) is 0 Å². The predicted molar refractivity (Wildman–Crippen MR) is 94.6 cm³/mol. The lowest BCUT2D eigenvalue weighted by molar-refractivity contribution is 0.0904. The van der Waals surface area contributed by atoms with E-state index >= 15 is 0 Å². The number of rotatable bonds is 4. The van der Waals surface area contributed by atoms with E-state index in [9.17, 15) is 4.79 Å². The maximum atomic E-state index is 12.1. The third-order valence-corrected chi connectivity index (χ3v) is 4.24. The molecule has 26 heavy (non-hydrogen) atoms. The highest BCUT2D eigenvalue weighted by Crippen LogP contribution is 2.21. The molecule has 1 aliphatic rings. The van der Waals surface area contributed by atoms with Gasteiger partial charge in [0.2, 0.25) is 11.8 Å². The zero-order valence-corrected chi connectivity index (χ0v) is 14.3. The highest BCUT2D eigenvalue weighted by atomic mass is 16.4. The van der Waals surface area contributed by atoms with Crippen molar-refractivity contribution >= 4 is 11.9 Å². The van der Waals surface area contributed by atoms with Crippen molar-refractivity contribution in [2.75, 3.05) is 18.0 Å². The van der Waals surface area contributed by atoms with Crippen molar-refractivity contribution in [1.82, 2.24) is 25.5 Å². The van der Waals surface area contributed by atoms with Gasteiger partial charge in [-0.3, -0.25) is 4.79 Å². The van der Waals surface area contributed by atoms with Crippen LogP contribution in [0.3, 0.4) is 0 Å². The fraction of sp³-hybridized carbons (Fsp3) is 0.278. The van der Waals surface area contributed by atoms with Crippen molar-refractivity contribution in [3.05, 3.63) is 54.4 Å². The summed E-state index contributed by atoms with van der Waals surface area (Å²) in [5.41, 5.74) is 1.93. The minimum absolute atomic E-state index is 0.0109. The van der Waals surface area contributed by atoms with Crippen LogP contribution in [0.4, 0.5) is 5.95 Å². The average Bonchev–Trinajstić information content (AvgIpc) is 3.32. The normalized spacial score (nSPS) is 16.7. The number of nitrogens with one attached hydrogen (secondary N) is 1. The summed E-state index contributed by atoms with van der Waals surface area (Å²) in [4.78, 5) is 23.2. The van der Waals surface area contributed by atoms with Gasteiger partial charge < -0.3 is 14.6 Å². The van der Waals surface area contributed by atoms with Crippen molar-refractivity contribution < 1.29 is 9.21 Å². The Morgan fingerprint density at radius 1 is 1.23 bits per heavy atom. The van der Waals surface area contributed by atoms with E-state index in [1.165, 1.54) is 0 Å². The third kappa shape index (κ3) is 3.39. The molecule has 3 aromatic rings. The van der Waals surface area contributed by atoms with Gasteiger partial charge in [-0.1, -0.05) is 30.3 Å². The Balaban J connectivity index is 1.43. The number of amides is 1. The highest BCUT2D eigenvalue weighted by Gasteiger charge is 2.27. The van der Waals surface area contributed by atoms with Gasteiger partial charge >= 0.3 is 11.8 Å². The molecule has 132 valence electrons. The first kappa shape index (κ1) is 16.2. The fourth-order valence-corrected chi connectivity index (χ4v) is 2.97. The molecule has 0 aliphatic carbocycles. The van der Waals surface area contributed by atoms with Crippen LogP contribution in [0, 0.1) is 6.92 Å². The maximum absolute atomic E-state index is 12.1. The van der Waals surface area contributed by atoms with Crippen LogP contribution in [-0.4, -0.2) is 45.2 Å². The molecule has 1 fully saturated rings. The van der Waals surface area contributed by atoms with Crippen LogP contribution in [0.15, 0.2) is 47.0 Å². The molecular weight excluding hydrogens is 332 g/mol. The number of hydrogen-bond acceptors (Lipinski definition) is 7. The van der Waals surface area contributed by atoms with E-state index in [0.717, 1.165) is 24.2 Å². The molecule has 0 saturated carbocycles. The van der Waals surface area contributed by atoms with E-state index in [2.05, 4.69) is 30.4 Å². The Bertz CT molecular complexity index is 911.